The highest BCUT2D eigenvalue weighted by Crippen LogP contribution is 2.57. The van der Waals surface area contributed by atoms with Gasteiger partial charge in [-0.05, 0) is 72.8 Å². The molecule has 0 aromatic heterocycles. The zero-order valence-corrected chi connectivity index (χ0v) is 15.1. The second-order valence-electron chi connectivity index (χ2n) is 8.02. The molecule has 0 bridgehead atoms. The van der Waals surface area contributed by atoms with Gasteiger partial charge in [-0.2, -0.15) is 0 Å². The molecule has 0 aromatic rings. The first kappa shape index (κ1) is 18.1. The second-order valence-corrected chi connectivity index (χ2v) is 8.02. The van der Waals surface area contributed by atoms with Crippen molar-refractivity contribution in [2.24, 2.45) is 17.3 Å². The number of allylic oxidation sites excluding steroid dienone is 3. The molecule has 2 heteroatoms. The average molecular weight is 336 g/mol. The molecule has 0 amide bonds. The predicted molar refractivity (Wildman–Crippen MR) is 101 cm³/mol. The third-order valence-electron chi connectivity index (χ3n) is 6.55. The number of aliphatic hydroxyl groups excluding tert-OH is 2. The summed E-state index contributed by atoms with van der Waals surface area (Å²) in [4.78, 5) is 0. The summed E-state index contributed by atoms with van der Waals surface area (Å²) in [7, 11) is 0. The molecule has 0 saturated heterocycles. The quantitative estimate of drug-likeness (QED) is 0.716. The molecule has 0 aromatic carbocycles. The molecule has 3 saturated carbocycles. The van der Waals surface area contributed by atoms with Gasteiger partial charge in [0, 0.05) is 12.3 Å². The van der Waals surface area contributed by atoms with E-state index in [0.717, 1.165) is 24.0 Å². The van der Waals surface area contributed by atoms with E-state index >= 15 is 0 Å². The van der Waals surface area contributed by atoms with E-state index in [-0.39, 0.29) is 5.41 Å². The Morgan fingerprint density at radius 2 is 2.08 bits per heavy atom. The number of terminal acetylenes is 1. The molecule has 3 aliphatic rings. The topological polar surface area (TPSA) is 40.5 Å². The number of aliphatic hydroxyl groups is 2. The van der Waals surface area contributed by atoms with Crippen LogP contribution in [-0.2, 0) is 0 Å². The minimum Gasteiger partial charge on any atom is -0.393 e. The van der Waals surface area contributed by atoms with Gasteiger partial charge in [-0.25, -0.2) is 0 Å². The molecular weight excluding hydrogens is 308 g/mol. The van der Waals surface area contributed by atoms with Gasteiger partial charge in [0.2, 0.25) is 0 Å². The molecule has 5 atom stereocenters. The zero-order valence-electron chi connectivity index (χ0n) is 15.1. The van der Waals surface area contributed by atoms with Crippen molar-refractivity contribution >= 4 is 0 Å². The Morgan fingerprint density at radius 3 is 2.84 bits per heavy atom. The smallest absolute Gasteiger partial charge is 0.0811 e. The van der Waals surface area contributed by atoms with E-state index in [9.17, 15) is 10.2 Å². The molecule has 2 nitrogen and oxygen atoms in total. The molecule has 0 heterocycles. The molecule has 3 aliphatic carbocycles. The first-order chi connectivity index (χ1) is 12.0. The van der Waals surface area contributed by atoms with Crippen LogP contribution in [0.5, 0.6) is 0 Å². The second kappa shape index (κ2) is 7.25. The fraction of sp³-hybridized carbons (Fsp3) is 0.565. The summed E-state index contributed by atoms with van der Waals surface area (Å²) in [6.07, 6.45) is 15.3. The maximum atomic E-state index is 10.0. The van der Waals surface area contributed by atoms with Crippen molar-refractivity contribution in [3.8, 4) is 24.2 Å². The summed E-state index contributed by atoms with van der Waals surface area (Å²) < 4.78 is 0. The summed E-state index contributed by atoms with van der Waals surface area (Å²) in [6, 6.07) is 0. The third kappa shape index (κ3) is 3.48. The normalized spacial score (nSPS) is 41.1. The van der Waals surface area contributed by atoms with Crippen LogP contribution in [0.2, 0.25) is 0 Å². The SMILES string of the molecule is C#CC#C[C@H]1CC[C@H]2/C(=C/C=C3/C[C@@H](O)C[C@H](O)C3=C)CCC[C@]12C. The molecule has 132 valence electrons. The Kier molecular flexibility index (Phi) is 5.24. The lowest BCUT2D eigenvalue weighted by Crippen LogP contribution is -2.32. The Balaban J connectivity index is 1.83. The van der Waals surface area contributed by atoms with Crippen LogP contribution in [0.15, 0.2) is 35.5 Å². The predicted octanol–water partition coefficient (Wildman–Crippen LogP) is 3.76. The van der Waals surface area contributed by atoms with Crippen LogP contribution in [-0.4, -0.2) is 22.4 Å². The van der Waals surface area contributed by atoms with Crippen LogP contribution in [0.3, 0.4) is 0 Å². The van der Waals surface area contributed by atoms with Gasteiger partial charge < -0.3 is 10.2 Å². The Hall–Kier alpha value is -1.74. The number of fused-ring (bicyclic) bond motifs is 1. The van der Waals surface area contributed by atoms with E-state index in [1.54, 1.807) is 0 Å². The highest BCUT2D eigenvalue weighted by Gasteiger charge is 2.48. The highest BCUT2D eigenvalue weighted by atomic mass is 16.3. The van der Waals surface area contributed by atoms with Crippen LogP contribution in [0.4, 0.5) is 0 Å². The van der Waals surface area contributed by atoms with Crippen LogP contribution in [0, 0.1) is 41.4 Å². The van der Waals surface area contributed by atoms with E-state index < -0.39 is 12.2 Å². The van der Waals surface area contributed by atoms with Crippen LogP contribution >= 0.6 is 0 Å². The van der Waals surface area contributed by atoms with Crippen molar-refractivity contribution in [3.05, 3.63) is 35.5 Å². The van der Waals surface area contributed by atoms with Gasteiger partial charge in [0.25, 0.3) is 0 Å². The number of hydrogen-bond donors (Lipinski definition) is 2. The number of rotatable bonds is 1. The van der Waals surface area contributed by atoms with Crippen molar-refractivity contribution in [3.63, 3.8) is 0 Å². The van der Waals surface area contributed by atoms with E-state index in [1.165, 1.54) is 24.8 Å². The summed E-state index contributed by atoms with van der Waals surface area (Å²) >= 11 is 0. The van der Waals surface area contributed by atoms with E-state index in [1.807, 2.05) is 0 Å². The van der Waals surface area contributed by atoms with Crippen molar-refractivity contribution in [2.45, 2.75) is 64.1 Å². The Bertz CT molecular complexity index is 709. The molecule has 0 aliphatic heterocycles. The fourth-order valence-electron chi connectivity index (χ4n) is 5.07. The monoisotopic (exact) mass is 336 g/mol. The molecule has 0 unspecified atom stereocenters. The standard InChI is InChI=1S/C23H28O2/c1-4-5-8-19-11-12-21-17(7-6-13-23(19,21)3)9-10-18-14-20(24)15-22(25)16(18)2/h1,9-10,19-22,24-25H,2,6-7,11-15H2,3H3/b17-9+,18-10-/t19-,20+,21-,22-,23+/m0/s1. The minimum atomic E-state index is -0.625. The summed E-state index contributed by atoms with van der Waals surface area (Å²) in [5, 5.41) is 19.9. The molecule has 0 radical (unpaired) electrons. The summed E-state index contributed by atoms with van der Waals surface area (Å²) in [5.41, 5.74) is 3.43. The van der Waals surface area contributed by atoms with Crippen LogP contribution in [0.25, 0.3) is 0 Å². The van der Waals surface area contributed by atoms with Gasteiger partial charge in [0.05, 0.1) is 12.2 Å². The minimum absolute atomic E-state index is 0.217. The molecule has 25 heavy (non-hydrogen) atoms. The van der Waals surface area contributed by atoms with Crippen molar-refractivity contribution in [2.75, 3.05) is 0 Å². The van der Waals surface area contributed by atoms with Gasteiger partial charge >= 0.3 is 0 Å². The van der Waals surface area contributed by atoms with Gasteiger partial charge in [-0.15, -0.1) is 6.42 Å². The van der Waals surface area contributed by atoms with Gasteiger partial charge in [0.15, 0.2) is 0 Å². The van der Waals surface area contributed by atoms with Gasteiger partial charge in [-0.1, -0.05) is 37.1 Å². The van der Waals surface area contributed by atoms with Crippen molar-refractivity contribution in [1.29, 1.82) is 0 Å². The van der Waals surface area contributed by atoms with E-state index in [4.69, 9.17) is 6.42 Å². The average Bonchev–Trinajstić information content (AvgIpc) is 2.91. The first-order valence-corrected chi connectivity index (χ1v) is 9.36. The lowest BCUT2D eigenvalue weighted by atomic mass is 9.63. The van der Waals surface area contributed by atoms with Crippen molar-refractivity contribution < 1.29 is 10.2 Å². The first-order valence-electron chi connectivity index (χ1n) is 9.36. The number of hydrogen-bond acceptors (Lipinski definition) is 2. The highest BCUT2D eigenvalue weighted by molar-refractivity contribution is 5.39. The lowest BCUT2D eigenvalue weighted by molar-refractivity contribution is 0.0862. The Labute approximate surface area is 151 Å². The van der Waals surface area contributed by atoms with Crippen LogP contribution in [0.1, 0.15) is 51.9 Å². The Morgan fingerprint density at radius 1 is 1.28 bits per heavy atom. The fourth-order valence-corrected chi connectivity index (χ4v) is 5.07. The van der Waals surface area contributed by atoms with E-state index in [2.05, 4.69) is 43.4 Å². The third-order valence-corrected chi connectivity index (χ3v) is 6.55. The molecule has 2 N–H and O–H groups in total. The molecule has 3 fully saturated rings. The maximum absolute atomic E-state index is 10.0. The molecule has 3 rings (SSSR count). The van der Waals surface area contributed by atoms with Gasteiger partial charge in [0.1, 0.15) is 0 Å². The lowest BCUT2D eigenvalue weighted by Gasteiger charge is -2.40. The van der Waals surface area contributed by atoms with Gasteiger partial charge in [-0.3, -0.25) is 0 Å². The summed E-state index contributed by atoms with van der Waals surface area (Å²) in [5.74, 6) is 9.55. The van der Waals surface area contributed by atoms with E-state index in [0.29, 0.717) is 24.7 Å². The largest absolute Gasteiger partial charge is 0.393 e. The van der Waals surface area contributed by atoms with Crippen molar-refractivity contribution in [1.82, 2.24) is 0 Å². The van der Waals surface area contributed by atoms with Crippen LogP contribution < -0.4 is 0 Å². The maximum Gasteiger partial charge on any atom is 0.0811 e. The summed E-state index contributed by atoms with van der Waals surface area (Å²) in [6.45, 7) is 6.37. The molecular formula is C23H28O2. The zero-order chi connectivity index (χ0) is 18.0. The molecule has 0 spiro atoms.